The normalized spacial score (nSPS) is 11.6. The van der Waals surface area contributed by atoms with Gasteiger partial charge in [-0.2, -0.15) is 26.3 Å². The molecule has 0 unspecified atom stereocenters. The van der Waals surface area contributed by atoms with Gasteiger partial charge in [0.05, 0.1) is 16.6 Å². The Labute approximate surface area is 161 Å². The molecule has 0 aliphatic rings. The molecule has 0 atom stereocenters. The molecule has 5 N–H and O–H groups in total. The molecule has 29 heavy (non-hydrogen) atoms. The van der Waals surface area contributed by atoms with E-state index < -0.39 is 23.5 Å². The van der Waals surface area contributed by atoms with E-state index in [-0.39, 0.29) is 28.5 Å². The van der Waals surface area contributed by atoms with Gasteiger partial charge in [-0.05, 0) is 55.3 Å². The van der Waals surface area contributed by atoms with E-state index >= 15 is 0 Å². The van der Waals surface area contributed by atoms with Gasteiger partial charge < -0.3 is 16.3 Å². The van der Waals surface area contributed by atoms with Gasteiger partial charge in [0.1, 0.15) is 12.1 Å². The van der Waals surface area contributed by atoms with Gasteiger partial charge in [0, 0.05) is 11.1 Å². The zero-order valence-corrected chi connectivity index (χ0v) is 15.1. The van der Waals surface area contributed by atoms with Crippen molar-refractivity contribution in [2.45, 2.75) is 26.2 Å². The van der Waals surface area contributed by atoms with Crippen LogP contribution >= 0.6 is 0 Å². The van der Waals surface area contributed by atoms with Crippen molar-refractivity contribution in [3.63, 3.8) is 0 Å². The van der Waals surface area contributed by atoms with Crippen molar-refractivity contribution in [3.05, 3.63) is 58.9 Å². The van der Waals surface area contributed by atoms with Gasteiger partial charge in [-0.1, -0.05) is 0 Å². The molecule has 0 radical (unpaired) electrons. The average molecular weight is 421 g/mol. The fourth-order valence-electron chi connectivity index (χ4n) is 2.58. The lowest BCUT2D eigenvalue weighted by Crippen LogP contribution is -2.11. The first-order valence-corrected chi connectivity index (χ1v) is 7.73. The second kappa shape index (κ2) is 8.21. The molecule has 3 rings (SSSR count). The predicted octanol–water partition coefficient (Wildman–Crippen LogP) is 4.38. The fourth-order valence-corrected chi connectivity index (χ4v) is 2.58. The number of nitrogens with zero attached hydrogens (tertiary/aromatic N) is 2. The predicted molar refractivity (Wildman–Crippen MR) is 96.0 cm³/mol. The summed E-state index contributed by atoms with van der Waals surface area (Å²) >= 11 is 0. The summed E-state index contributed by atoms with van der Waals surface area (Å²) in [6.45, 7) is 3.70. The van der Waals surface area contributed by atoms with Gasteiger partial charge in [0.15, 0.2) is 0 Å². The molecule has 0 amide bonds. The summed E-state index contributed by atoms with van der Waals surface area (Å²) in [5.41, 5.74) is -0.796. The molecule has 0 aliphatic carbocycles. The van der Waals surface area contributed by atoms with E-state index in [1.54, 1.807) is 12.1 Å². The van der Waals surface area contributed by atoms with Crippen LogP contribution in [0.1, 0.15) is 22.3 Å². The number of fused-ring (bicyclic) bond motifs is 1. The molecule has 0 saturated carbocycles. The van der Waals surface area contributed by atoms with Crippen molar-refractivity contribution < 1.29 is 37.3 Å². The maximum atomic E-state index is 13.0. The van der Waals surface area contributed by atoms with E-state index in [1.807, 2.05) is 13.8 Å². The maximum absolute atomic E-state index is 13.0. The van der Waals surface area contributed by atoms with Crippen LogP contribution in [-0.2, 0) is 12.4 Å². The van der Waals surface area contributed by atoms with Crippen molar-refractivity contribution >= 4 is 22.4 Å². The second-order valence-electron chi connectivity index (χ2n) is 6.10. The Hall–Kier alpha value is -2.92. The largest absolute Gasteiger partial charge is 0.416 e. The highest BCUT2D eigenvalue weighted by molar-refractivity contribution is 5.91. The van der Waals surface area contributed by atoms with Crippen LogP contribution in [0.25, 0.3) is 10.9 Å². The second-order valence-corrected chi connectivity index (χ2v) is 6.10. The lowest BCUT2D eigenvalue weighted by molar-refractivity contribution is -0.143. The van der Waals surface area contributed by atoms with E-state index in [2.05, 4.69) is 15.3 Å². The Morgan fingerprint density at radius 2 is 1.24 bits per heavy atom. The molecule has 0 fully saturated rings. The quantitative estimate of drug-likeness (QED) is 0.622. The van der Waals surface area contributed by atoms with Gasteiger partial charge in [-0.3, -0.25) is 0 Å². The number of benzene rings is 2. The molecule has 0 saturated heterocycles. The number of nitrogens with one attached hydrogen (secondary N) is 1. The highest BCUT2D eigenvalue weighted by Gasteiger charge is 2.37. The van der Waals surface area contributed by atoms with Crippen molar-refractivity contribution in [1.29, 1.82) is 0 Å². The van der Waals surface area contributed by atoms with Crippen LogP contribution in [0.5, 0.6) is 0 Å². The SMILES string of the molecule is Cc1cc2ncnc(Nc3cc(C(F)(F)F)cc(C(F)(F)F)c3)c2cc1C.O.O. The van der Waals surface area contributed by atoms with Crippen LogP contribution < -0.4 is 5.32 Å². The smallest absolute Gasteiger partial charge is 0.412 e. The topological polar surface area (TPSA) is 101 Å². The zero-order valence-electron chi connectivity index (χ0n) is 15.1. The summed E-state index contributed by atoms with van der Waals surface area (Å²) in [6, 6.07) is 4.81. The number of alkyl halides is 6. The van der Waals surface area contributed by atoms with Gasteiger partial charge in [0.2, 0.25) is 0 Å². The van der Waals surface area contributed by atoms with E-state index in [1.165, 1.54) is 6.33 Å². The number of hydrogen-bond donors (Lipinski definition) is 1. The summed E-state index contributed by atoms with van der Waals surface area (Å²) in [6.07, 6.45) is -8.64. The number of rotatable bonds is 2. The number of aromatic nitrogens is 2. The molecule has 5 nitrogen and oxygen atoms in total. The van der Waals surface area contributed by atoms with Crippen molar-refractivity contribution in [1.82, 2.24) is 9.97 Å². The first-order chi connectivity index (χ1) is 12.4. The van der Waals surface area contributed by atoms with Crippen LogP contribution in [0.4, 0.5) is 37.8 Å². The molecule has 0 spiro atoms. The molecule has 1 aromatic heterocycles. The minimum atomic E-state index is -4.92. The minimum Gasteiger partial charge on any atom is -0.412 e. The molecular formula is C18H17F6N3O2. The van der Waals surface area contributed by atoms with Crippen LogP contribution in [0.15, 0.2) is 36.7 Å². The lowest BCUT2D eigenvalue weighted by atomic mass is 10.1. The third-order valence-electron chi connectivity index (χ3n) is 4.10. The molecule has 0 bridgehead atoms. The first-order valence-electron chi connectivity index (χ1n) is 7.73. The first kappa shape index (κ1) is 24.1. The molecular weight excluding hydrogens is 404 g/mol. The van der Waals surface area contributed by atoms with E-state index in [0.29, 0.717) is 23.0 Å². The van der Waals surface area contributed by atoms with Crippen molar-refractivity contribution in [2.75, 3.05) is 5.32 Å². The number of aryl methyl sites for hydroxylation is 2. The molecule has 1 heterocycles. The molecule has 0 aliphatic heterocycles. The fraction of sp³-hybridized carbons (Fsp3) is 0.222. The Morgan fingerprint density at radius 3 is 1.76 bits per heavy atom. The standard InChI is InChI=1S/C18H13F6N3.2H2O/c1-9-3-14-15(4-10(9)2)25-8-26-16(14)27-13-6-11(17(19,20)21)5-12(7-13)18(22,23)24;;/h3-8H,1-2H3,(H,25,26,27);2*1H2. The maximum Gasteiger partial charge on any atom is 0.416 e. The third-order valence-corrected chi connectivity index (χ3v) is 4.10. The van der Waals surface area contributed by atoms with E-state index in [9.17, 15) is 26.3 Å². The van der Waals surface area contributed by atoms with Crippen LogP contribution in [-0.4, -0.2) is 20.9 Å². The lowest BCUT2D eigenvalue weighted by Gasteiger charge is -2.16. The van der Waals surface area contributed by atoms with Crippen LogP contribution in [0.2, 0.25) is 0 Å². The summed E-state index contributed by atoms with van der Waals surface area (Å²) < 4.78 is 78.0. The molecule has 11 heteroatoms. The summed E-state index contributed by atoms with van der Waals surface area (Å²) in [5.74, 6) is 0.121. The Bertz CT molecular complexity index is 987. The average Bonchev–Trinajstić information content (AvgIpc) is 2.55. The third kappa shape index (κ3) is 5.12. The van der Waals surface area contributed by atoms with Gasteiger partial charge in [0.25, 0.3) is 0 Å². The zero-order chi connectivity index (χ0) is 20.0. The van der Waals surface area contributed by atoms with Gasteiger partial charge in [-0.25, -0.2) is 9.97 Å². The van der Waals surface area contributed by atoms with Crippen molar-refractivity contribution in [3.8, 4) is 0 Å². The minimum absolute atomic E-state index is 0. The molecule has 2 aromatic carbocycles. The highest BCUT2D eigenvalue weighted by atomic mass is 19.4. The summed E-state index contributed by atoms with van der Waals surface area (Å²) in [4.78, 5) is 8.06. The highest BCUT2D eigenvalue weighted by Crippen LogP contribution is 2.38. The molecule has 158 valence electrons. The van der Waals surface area contributed by atoms with Gasteiger partial charge >= 0.3 is 12.4 Å². The monoisotopic (exact) mass is 421 g/mol. The Kier molecular flexibility index (Phi) is 6.83. The summed E-state index contributed by atoms with van der Waals surface area (Å²) in [7, 11) is 0. The Morgan fingerprint density at radius 1 is 0.724 bits per heavy atom. The van der Waals surface area contributed by atoms with Crippen LogP contribution in [0.3, 0.4) is 0 Å². The van der Waals surface area contributed by atoms with Gasteiger partial charge in [-0.15, -0.1) is 0 Å². The Balaban J connectivity index is 0.00000210. The van der Waals surface area contributed by atoms with Crippen molar-refractivity contribution in [2.24, 2.45) is 0 Å². The van der Waals surface area contributed by atoms with E-state index in [0.717, 1.165) is 11.1 Å². The van der Waals surface area contributed by atoms with E-state index in [4.69, 9.17) is 0 Å². The number of halogens is 6. The summed E-state index contributed by atoms with van der Waals surface area (Å²) in [5, 5.41) is 3.06. The molecule has 3 aromatic rings. The number of hydrogen-bond acceptors (Lipinski definition) is 3. The van der Waals surface area contributed by atoms with Crippen LogP contribution in [0, 0.1) is 13.8 Å². The number of anilines is 2.